The number of pyridine rings is 1. The molecular weight excluding hydrogens is 314 g/mol. The van der Waals surface area contributed by atoms with Gasteiger partial charge in [0.25, 0.3) is 0 Å². The summed E-state index contributed by atoms with van der Waals surface area (Å²) in [6.07, 6.45) is -0.781. The molecule has 4 nitrogen and oxygen atoms in total. The van der Waals surface area contributed by atoms with Gasteiger partial charge in [-0.3, -0.25) is 4.79 Å². The molecule has 0 bridgehead atoms. The van der Waals surface area contributed by atoms with Crippen LogP contribution in [0, 0.1) is 11.8 Å². The lowest BCUT2D eigenvalue weighted by atomic mass is 10.0. The number of carbonyl (C=O) groups excluding carboxylic acids is 1. The second-order valence-electron chi connectivity index (χ2n) is 4.69. The van der Waals surface area contributed by atoms with E-state index < -0.39 is 29.2 Å². The van der Waals surface area contributed by atoms with Crippen LogP contribution in [0.1, 0.15) is 22.8 Å². The van der Waals surface area contributed by atoms with Crippen molar-refractivity contribution >= 4 is 23.2 Å². The zero-order chi connectivity index (χ0) is 16.3. The topological polar surface area (TPSA) is 62.2 Å². The van der Waals surface area contributed by atoms with E-state index in [2.05, 4.69) is 10.3 Å². The van der Waals surface area contributed by atoms with E-state index in [1.807, 2.05) is 0 Å². The maximum atomic E-state index is 14.1. The number of halogens is 3. The summed E-state index contributed by atoms with van der Waals surface area (Å²) in [7, 11) is 0. The van der Waals surface area contributed by atoms with Crippen LogP contribution in [-0.2, 0) is 0 Å². The number of aliphatic hydroxyl groups excluding tert-OH is 1. The van der Waals surface area contributed by atoms with Crippen molar-refractivity contribution in [2.45, 2.75) is 13.0 Å². The lowest BCUT2D eigenvalue weighted by Gasteiger charge is -2.13. The first-order valence-electron chi connectivity index (χ1n) is 6.47. The number of ketones is 1. The number of anilines is 1. The Kier molecular flexibility index (Phi) is 5.05. The van der Waals surface area contributed by atoms with Crippen LogP contribution in [-0.4, -0.2) is 28.5 Å². The Morgan fingerprint density at radius 2 is 2.09 bits per heavy atom. The number of hydrogen-bond donors (Lipinski definition) is 2. The summed E-state index contributed by atoms with van der Waals surface area (Å²) in [5, 5.41) is 12.0. The fourth-order valence-electron chi connectivity index (χ4n) is 1.85. The van der Waals surface area contributed by atoms with Gasteiger partial charge >= 0.3 is 0 Å². The Balaban J connectivity index is 2.49. The standard InChI is InChI=1S/C15H13ClF2N2O2/c1-8(21)7-19-15-13(11(17)6-12(18)20-15)14(22)9-4-2-3-5-10(9)16/h2-6,8,21H,7H2,1H3,(H,19,20)/t8-/m0/s1. The lowest BCUT2D eigenvalue weighted by Crippen LogP contribution is -2.20. The SMILES string of the molecule is C[C@H](O)CNc1nc(F)cc(F)c1C(=O)c1ccccc1Cl. The number of carbonyl (C=O) groups is 1. The highest BCUT2D eigenvalue weighted by atomic mass is 35.5. The van der Waals surface area contributed by atoms with Crippen molar-refractivity contribution in [2.24, 2.45) is 0 Å². The molecule has 0 aliphatic rings. The van der Waals surface area contributed by atoms with Crippen molar-refractivity contribution in [3.05, 3.63) is 58.2 Å². The van der Waals surface area contributed by atoms with Crippen LogP contribution in [0.15, 0.2) is 30.3 Å². The molecule has 116 valence electrons. The minimum absolute atomic E-state index is 0.0152. The maximum absolute atomic E-state index is 14.1. The van der Waals surface area contributed by atoms with Gasteiger partial charge in [0.2, 0.25) is 11.7 Å². The molecule has 22 heavy (non-hydrogen) atoms. The highest BCUT2D eigenvalue weighted by molar-refractivity contribution is 6.35. The highest BCUT2D eigenvalue weighted by Crippen LogP contribution is 2.25. The van der Waals surface area contributed by atoms with Gasteiger partial charge in [0.15, 0.2) is 0 Å². The molecule has 0 amide bonds. The van der Waals surface area contributed by atoms with Gasteiger partial charge in [-0.2, -0.15) is 4.39 Å². The van der Waals surface area contributed by atoms with Crippen LogP contribution >= 0.6 is 11.6 Å². The summed E-state index contributed by atoms with van der Waals surface area (Å²) in [5.74, 6) is -3.11. The van der Waals surface area contributed by atoms with Gasteiger partial charge in [0, 0.05) is 18.2 Å². The monoisotopic (exact) mass is 326 g/mol. The fraction of sp³-hybridized carbons (Fsp3) is 0.200. The van der Waals surface area contributed by atoms with Gasteiger partial charge in [-0.1, -0.05) is 23.7 Å². The van der Waals surface area contributed by atoms with Crippen LogP contribution in [0.25, 0.3) is 0 Å². The lowest BCUT2D eigenvalue weighted by molar-refractivity contribution is 0.103. The molecule has 1 heterocycles. The molecule has 2 rings (SSSR count). The summed E-state index contributed by atoms with van der Waals surface area (Å²) in [6, 6.07) is 6.66. The molecule has 0 aliphatic carbocycles. The largest absolute Gasteiger partial charge is 0.392 e. The molecule has 0 aliphatic heterocycles. The fourth-order valence-corrected chi connectivity index (χ4v) is 2.07. The van der Waals surface area contributed by atoms with Crippen molar-refractivity contribution in [2.75, 3.05) is 11.9 Å². The quantitative estimate of drug-likeness (QED) is 0.655. The van der Waals surface area contributed by atoms with E-state index in [9.17, 15) is 18.7 Å². The predicted octanol–water partition coefficient (Wildman–Crippen LogP) is 3.04. The number of aliphatic hydroxyl groups is 1. The van der Waals surface area contributed by atoms with E-state index in [0.29, 0.717) is 6.07 Å². The van der Waals surface area contributed by atoms with E-state index in [0.717, 1.165) is 0 Å². The van der Waals surface area contributed by atoms with Crippen LogP contribution in [0.5, 0.6) is 0 Å². The first kappa shape index (κ1) is 16.3. The first-order valence-corrected chi connectivity index (χ1v) is 6.85. The van der Waals surface area contributed by atoms with Crippen LogP contribution in [0.2, 0.25) is 5.02 Å². The van der Waals surface area contributed by atoms with Crippen molar-refractivity contribution in [3.8, 4) is 0 Å². The van der Waals surface area contributed by atoms with Crippen molar-refractivity contribution < 1.29 is 18.7 Å². The number of benzene rings is 1. The summed E-state index contributed by atoms with van der Waals surface area (Å²) in [6.45, 7) is 1.47. The first-order chi connectivity index (χ1) is 10.4. The third kappa shape index (κ3) is 3.58. The normalized spacial score (nSPS) is 12.0. The second-order valence-corrected chi connectivity index (χ2v) is 5.10. The third-order valence-electron chi connectivity index (χ3n) is 2.85. The van der Waals surface area contributed by atoms with Gasteiger partial charge in [-0.05, 0) is 19.1 Å². The number of aromatic nitrogens is 1. The zero-order valence-corrected chi connectivity index (χ0v) is 12.4. The van der Waals surface area contributed by atoms with Gasteiger partial charge in [0.1, 0.15) is 17.2 Å². The molecule has 0 radical (unpaired) electrons. The van der Waals surface area contributed by atoms with E-state index in [-0.39, 0.29) is 22.9 Å². The smallest absolute Gasteiger partial charge is 0.217 e. The summed E-state index contributed by atoms with van der Waals surface area (Å²) in [4.78, 5) is 16.0. The maximum Gasteiger partial charge on any atom is 0.217 e. The van der Waals surface area contributed by atoms with Crippen LogP contribution in [0.4, 0.5) is 14.6 Å². The van der Waals surface area contributed by atoms with Crippen molar-refractivity contribution in [1.29, 1.82) is 0 Å². The summed E-state index contributed by atoms with van der Waals surface area (Å²) < 4.78 is 27.3. The Morgan fingerprint density at radius 3 is 2.73 bits per heavy atom. The Labute approximate surface area is 130 Å². The van der Waals surface area contributed by atoms with Gasteiger partial charge < -0.3 is 10.4 Å². The molecule has 1 aromatic heterocycles. The molecule has 7 heteroatoms. The number of nitrogens with one attached hydrogen (secondary N) is 1. The zero-order valence-electron chi connectivity index (χ0n) is 11.6. The predicted molar refractivity (Wildman–Crippen MR) is 79.2 cm³/mol. The minimum atomic E-state index is -1.07. The average molecular weight is 327 g/mol. The number of nitrogens with zero attached hydrogens (tertiary/aromatic N) is 1. The number of rotatable bonds is 5. The molecule has 0 unspecified atom stereocenters. The van der Waals surface area contributed by atoms with Crippen LogP contribution < -0.4 is 5.32 Å². The van der Waals surface area contributed by atoms with Crippen LogP contribution in [0.3, 0.4) is 0 Å². The Bertz CT molecular complexity index is 708. The van der Waals surface area contributed by atoms with Crippen molar-refractivity contribution in [3.63, 3.8) is 0 Å². The molecule has 0 saturated heterocycles. The third-order valence-corrected chi connectivity index (χ3v) is 3.18. The highest BCUT2D eigenvalue weighted by Gasteiger charge is 2.23. The molecule has 0 fully saturated rings. The number of hydrogen-bond acceptors (Lipinski definition) is 4. The average Bonchev–Trinajstić information content (AvgIpc) is 2.44. The van der Waals surface area contributed by atoms with Gasteiger partial charge in [-0.25, -0.2) is 9.37 Å². The summed E-state index contributed by atoms with van der Waals surface area (Å²) >= 11 is 5.93. The molecule has 2 N–H and O–H groups in total. The summed E-state index contributed by atoms with van der Waals surface area (Å²) in [5.41, 5.74) is -0.341. The molecule has 1 aromatic carbocycles. The van der Waals surface area contributed by atoms with E-state index in [1.165, 1.54) is 19.1 Å². The molecule has 2 aromatic rings. The second kappa shape index (κ2) is 6.81. The van der Waals surface area contributed by atoms with Crippen molar-refractivity contribution in [1.82, 2.24) is 4.98 Å². The van der Waals surface area contributed by atoms with E-state index in [1.54, 1.807) is 12.1 Å². The van der Waals surface area contributed by atoms with E-state index >= 15 is 0 Å². The van der Waals surface area contributed by atoms with Gasteiger partial charge in [-0.15, -0.1) is 0 Å². The van der Waals surface area contributed by atoms with Gasteiger partial charge in [0.05, 0.1) is 11.1 Å². The minimum Gasteiger partial charge on any atom is -0.392 e. The van der Waals surface area contributed by atoms with E-state index in [4.69, 9.17) is 11.6 Å². The molecule has 0 spiro atoms. The Morgan fingerprint density at radius 1 is 1.41 bits per heavy atom. The molecule has 0 saturated carbocycles. The molecular formula is C15H13ClF2N2O2. The molecule has 1 atom stereocenters. The Hall–Kier alpha value is -2.05.